The average molecular weight is 281 g/mol. The van der Waals surface area contributed by atoms with E-state index >= 15 is 0 Å². The van der Waals surface area contributed by atoms with Gasteiger partial charge in [-0.3, -0.25) is 4.79 Å². The SMILES string of the molecule is COc1cccc(-n2cc(C=O)c(Br)n2)c1. The van der Waals surface area contributed by atoms with Gasteiger partial charge in [0, 0.05) is 12.3 Å². The fourth-order valence-corrected chi connectivity index (χ4v) is 1.70. The molecule has 2 rings (SSSR count). The number of benzene rings is 1. The molecular weight excluding hydrogens is 272 g/mol. The summed E-state index contributed by atoms with van der Waals surface area (Å²) in [4.78, 5) is 10.7. The molecule has 5 heteroatoms. The summed E-state index contributed by atoms with van der Waals surface area (Å²) in [5.41, 5.74) is 1.36. The highest BCUT2D eigenvalue weighted by Gasteiger charge is 2.06. The molecule has 1 aromatic carbocycles. The number of aldehydes is 1. The molecule has 82 valence electrons. The second kappa shape index (κ2) is 4.49. The lowest BCUT2D eigenvalue weighted by Gasteiger charge is -2.03. The highest BCUT2D eigenvalue weighted by molar-refractivity contribution is 9.10. The Labute approximate surface area is 101 Å². The first-order valence-electron chi connectivity index (χ1n) is 4.59. The summed E-state index contributed by atoms with van der Waals surface area (Å²) in [6.07, 6.45) is 2.42. The van der Waals surface area contributed by atoms with Crippen LogP contribution in [-0.2, 0) is 0 Å². The van der Waals surface area contributed by atoms with E-state index < -0.39 is 0 Å². The van der Waals surface area contributed by atoms with Gasteiger partial charge in [-0.15, -0.1) is 0 Å². The van der Waals surface area contributed by atoms with Crippen molar-refractivity contribution in [3.05, 3.63) is 40.6 Å². The third-order valence-corrected chi connectivity index (χ3v) is 2.76. The predicted molar refractivity (Wildman–Crippen MR) is 63.2 cm³/mol. The smallest absolute Gasteiger partial charge is 0.154 e. The predicted octanol–water partition coefficient (Wildman–Crippen LogP) is 2.46. The maximum absolute atomic E-state index is 10.7. The largest absolute Gasteiger partial charge is 0.497 e. The van der Waals surface area contributed by atoms with E-state index in [9.17, 15) is 4.79 Å². The molecule has 0 atom stereocenters. The molecule has 0 aliphatic carbocycles. The summed E-state index contributed by atoms with van der Waals surface area (Å²) in [5, 5.41) is 4.17. The van der Waals surface area contributed by atoms with Crippen LogP contribution in [0, 0.1) is 0 Å². The van der Waals surface area contributed by atoms with E-state index in [4.69, 9.17) is 4.74 Å². The van der Waals surface area contributed by atoms with Gasteiger partial charge in [0.2, 0.25) is 0 Å². The quantitative estimate of drug-likeness (QED) is 0.812. The number of aromatic nitrogens is 2. The van der Waals surface area contributed by atoms with Gasteiger partial charge < -0.3 is 4.74 Å². The first kappa shape index (κ1) is 10.9. The second-order valence-electron chi connectivity index (χ2n) is 3.14. The van der Waals surface area contributed by atoms with Gasteiger partial charge in [0.15, 0.2) is 6.29 Å². The first-order chi connectivity index (χ1) is 7.74. The lowest BCUT2D eigenvalue weighted by molar-refractivity contribution is 0.112. The van der Waals surface area contributed by atoms with Crippen molar-refractivity contribution >= 4 is 22.2 Å². The van der Waals surface area contributed by atoms with Crippen molar-refractivity contribution in [2.75, 3.05) is 7.11 Å². The number of nitrogens with zero attached hydrogens (tertiary/aromatic N) is 2. The number of methoxy groups -OCH3 is 1. The molecule has 0 radical (unpaired) electrons. The Kier molecular flexibility index (Phi) is 3.05. The van der Waals surface area contributed by atoms with Crippen LogP contribution in [0.3, 0.4) is 0 Å². The molecular formula is C11H9BrN2O2. The minimum atomic E-state index is 0.516. The minimum absolute atomic E-state index is 0.516. The molecule has 16 heavy (non-hydrogen) atoms. The van der Waals surface area contributed by atoms with Gasteiger partial charge in [0.25, 0.3) is 0 Å². The van der Waals surface area contributed by atoms with Crippen LogP contribution < -0.4 is 4.74 Å². The Bertz CT molecular complexity index is 522. The van der Waals surface area contributed by atoms with Crippen molar-refractivity contribution in [2.45, 2.75) is 0 Å². The van der Waals surface area contributed by atoms with Crippen LogP contribution in [0.2, 0.25) is 0 Å². The van der Waals surface area contributed by atoms with Gasteiger partial charge in [0.05, 0.1) is 18.4 Å². The zero-order valence-electron chi connectivity index (χ0n) is 8.55. The van der Waals surface area contributed by atoms with Crippen LogP contribution in [0.1, 0.15) is 10.4 Å². The van der Waals surface area contributed by atoms with E-state index in [1.165, 1.54) is 0 Å². The maximum Gasteiger partial charge on any atom is 0.154 e. The van der Waals surface area contributed by atoms with Gasteiger partial charge in [-0.1, -0.05) is 6.07 Å². The van der Waals surface area contributed by atoms with Gasteiger partial charge in [-0.05, 0) is 28.1 Å². The van der Waals surface area contributed by atoms with E-state index in [0.717, 1.165) is 17.7 Å². The van der Waals surface area contributed by atoms with Gasteiger partial charge in [-0.25, -0.2) is 4.68 Å². The van der Waals surface area contributed by atoms with Crippen molar-refractivity contribution in [2.24, 2.45) is 0 Å². The molecule has 2 aromatic rings. The molecule has 0 bridgehead atoms. The average Bonchev–Trinajstić information content (AvgIpc) is 2.71. The Morgan fingerprint density at radius 1 is 1.50 bits per heavy atom. The summed E-state index contributed by atoms with van der Waals surface area (Å²) in [6, 6.07) is 7.44. The normalized spacial score (nSPS) is 10.1. The molecule has 1 heterocycles. The molecule has 0 amide bonds. The molecule has 0 spiro atoms. The molecule has 4 nitrogen and oxygen atoms in total. The number of rotatable bonds is 3. The molecule has 0 unspecified atom stereocenters. The molecule has 0 fully saturated rings. The maximum atomic E-state index is 10.7. The molecule has 0 saturated heterocycles. The Hall–Kier alpha value is -1.62. The molecule has 0 saturated carbocycles. The van der Waals surface area contributed by atoms with Crippen molar-refractivity contribution in [3.63, 3.8) is 0 Å². The fourth-order valence-electron chi connectivity index (χ4n) is 1.33. The molecule has 0 N–H and O–H groups in total. The lowest BCUT2D eigenvalue weighted by Crippen LogP contribution is -1.94. The summed E-state index contributed by atoms with van der Waals surface area (Å²) < 4.78 is 7.27. The summed E-state index contributed by atoms with van der Waals surface area (Å²) in [6.45, 7) is 0. The summed E-state index contributed by atoms with van der Waals surface area (Å²) in [5.74, 6) is 0.747. The molecule has 1 aromatic heterocycles. The van der Waals surface area contributed by atoms with Gasteiger partial charge in [-0.2, -0.15) is 5.10 Å². The monoisotopic (exact) mass is 280 g/mol. The second-order valence-corrected chi connectivity index (χ2v) is 3.89. The lowest BCUT2D eigenvalue weighted by atomic mass is 10.3. The van der Waals surface area contributed by atoms with Crippen molar-refractivity contribution in [1.82, 2.24) is 9.78 Å². The number of carbonyl (C=O) groups is 1. The van der Waals surface area contributed by atoms with Gasteiger partial charge in [0.1, 0.15) is 10.4 Å². The number of hydrogen-bond acceptors (Lipinski definition) is 3. The fraction of sp³-hybridized carbons (Fsp3) is 0.0909. The molecule has 0 aliphatic rings. The van der Waals surface area contributed by atoms with Crippen molar-refractivity contribution in [3.8, 4) is 11.4 Å². The number of hydrogen-bond donors (Lipinski definition) is 0. The standard InChI is InChI=1S/C11H9BrN2O2/c1-16-10-4-2-3-9(5-10)14-6-8(7-15)11(12)13-14/h2-7H,1H3. The highest BCUT2D eigenvalue weighted by atomic mass is 79.9. The zero-order valence-corrected chi connectivity index (χ0v) is 10.1. The Morgan fingerprint density at radius 2 is 2.31 bits per heavy atom. The zero-order chi connectivity index (χ0) is 11.5. The Morgan fingerprint density at radius 3 is 2.94 bits per heavy atom. The Balaban J connectivity index is 2.45. The van der Waals surface area contributed by atoms with E-state index in [2.05, 4.69) is 21.0 Å². The van der Waals surface area contributed by atoms with Gasteiger partial charge >= 0.3 is 0 Å². The van der Waals surface area contributed by atoms with E-state index in [-0.39, 0.29) is 0 Å². The third kappa shape index (κ3) is 1.99. The van der Waals surface area contributed by atoms with Crippen molar-refractivity contribution < 1.29 is 9.53 Å². The van der Waals surface area contributed by atoms with E-state index in [0.29, 0.717) is 10.2 Å². The number of carbonyl (C=O) groups excluding carboxylic acids is 1. The van der Waals surface area contributed by atoms with E-state index in [1.807, 2.05) is 24.3 Å². The minimum Gasteiger partial charge on any atom is -0.497 e. The van der Waals surface area contributed by atoms with Crippen LogP contribution >= 0.6 is 15.9 Å². The summed E-state index contributed by atoms with van der Waals surface area (Å²) in [7, 11) is 1.61. The van der Waals surface area contributed by atoms with E-state index in [1.54, 1.807) is 18.0 Å². The van der Waals surface area contributed by atoms with Crippen molar-refractivity contribution in [1.29, 1.82) is 0 Å². The number of halogens is 1. The molecule has 0 aliphatic heterocycles. The van der Waals surface area contributed by atoms with Crippen LogP contribution in [0.25, 0.3) is 5.69 Å². The van der Waals surface area contributed by atoms with Crippen LogP contribution in [0.4, 0.5) is 0 Å². The van der Waals surface area contributed by atoms with Crippen LogP contribution in [0.15, 0.2) is 35.1 Å². The topological polar surface area (TPSA) is 44.1 Å². The first-order valence-corrected chi connectivity index (χ1v) is 5.38. The number of ether oxygens (including phenoxy) is 1. The highest BCUT2D eigenvalue weighted by Crippen LogP contribution is 2.19. The third-order valence-electron chi connectivity index (χ3n) is 2.14. The van der Waals surface area contributed by atoms with Crippen LogP contribution in [-0.4, -0.2) is 23.2 Å². The summed E-state index contributed by atoms with van der Waals surface area (Å²) >= 11 is 3.22. The van der Waals surface area contributed by atoms with Crippen LogP contribution in [0.5, 0.6) is 5.75 Å².